The number of hydrogen-bond donors (Lipinski definition) is 0. The summed E-state index contributed by atoms with van der Waals surface area (Å²) in [4.78, 5) is 0. The monoisotopic (exact) mass is 336 g/mol. The lowest BCUT2D eigenvalue weighted by atomic mass is 10.0. The predicted molar refractivity (Wildman–Crippen MR) is 75.2 cm³/mol. The fourth-order valence-corrected chi connectivity index (χ4v) is 2.47. The molecule has 0 bridgehead atoms. The van der Waals surface area contributed by atoms with E-state index in [1.807, 2.05) is 0 Å². The normalized spacial score (nSPS) is 13.2. The molecule has 0 saturated heterocycles. The summed E-state index contributed by atoms with van der Waals surface area (Å²) < 4.78 is 51.2. The van der Waals surface area contributed by atoms with Crippen LogP contribution >= 0.6 is 23.2 Å². The minimum absolute atomic E-state index is 0.213. The Morgan fingerprint density at radius 2 is 1.76 bits per heavy atom. The second-order valence-corrected chi connectivity index (χ2v) is 5.50. The Balaban J connectivity index is 2.25. The maximum atomic E-state index is 13.2. The van der Waals surface area contributed by atoms with Gasteiger partial charge in [-0.1, -0.05) is 29.8 Å². The summed E-state index contributed by atoms with van der Waals surface area (Å²) in [6.07, 6.45) is -4.45. The van der Waals surface area contributed by atoms with Gasteiger partial charge in [-0.2, -0.15) is 13.2 Å². The van der Waals surface area contributed by atoms with Crippen molar-refractivity contribution in [3.63, 3.8) is 0 Å². The fourth-order valence-electron chi connectivity index (χ4n) is 1.94. The van der Waals surface area contributed by atoms with Gasteiger partial charge in [-0.05, 0) is 41.8 Å². The number of benzene rings is 2. The molecule has 0 aliphatic carbocycles. The van der Waals surface area contributed by atoms with Gasteiger partial charge in [-0.25, -0.2) is 4.39 Å². The van der Waals surface area contributed by atoms with E-state index in [0.29, 0.717) is 11.4 Å². The minimum atomic E-state index is -4.74. The lowest BCUT2D eigenvalue weighted by Crippen LogP contribution is -2.09. The standard InChI is InChI=1S/C15H10Cl2F4/c16-11-3-1-2-9(6-11)7-13(17)10-4-5-14(18)12(8-10)15(19,20)21/h1-6,8,13H,7H2. The van der Waals surface area contributed by atoms with Crippen LogP contribution < -0.4 is 0 Å². The maximum absolute atomic E-state index is 13.2. The van der Waals surface area contributed by atoms with E-state index in [1.54, 1.807) is 24.3 Å². The van der Waals surface area contributed by atoms with Crippen molar-refractivity contribution in [1.82, 2.24) is 0 Å². The molecule has 0 fully saturated rings. The Morgan fingerprint density at radius 3 is 2.38 bits per heavy atom. The maximum Gasteiger partial charge on any atom is 0.419 e. The van der Waals surface area contributed by atoms with Crippen LogP contribution in [0.1, 0.15) is 22.1 Å². The number of halogens is 6. The van der Waals surface area contributed by atoms with Gasteiger partial charge in [-0.3, -0.25) is 0 Å². The molecule has 21 heavy (non-hydrogen) atoms. The first-order valence-corrected chi connectivity index (χ1v) is 6.84. The third kappa shape index (κ3) is 4.11. The third-order valence-corrected chi connectivity index (χ3v) is 3.60. The average Bonchev–Trinajstić information content (AvgIpc) is 2.37. The molecule has 112 valence electrons. The molecule has 0 nitrogen and oxygen atoms in total. The van der Waals surface area contributed by atoms with Crippen LogP contribution in [0.5, 0.6) is 0 Å². The van der Waals surface area contributed by atoms with E-state index in [9.17, 15) is 17.6 Å². The van der Waals surface area contributed by atoms with E-state index in [1.165, 1.54) is 6.07 Å². The van der Waals surface area contributed by atoms with Crippen LogP contribution in [0.3, 0.4) is 0 Å². The molecule has 1 atom stereocenters. The van der Waals surface area contributed by atoms with Gasteiger partial charge in [0.15, 0.2) is 0 Å². The lowest BCUT2D eigenvalue weighted by molar-refractivity contribution is -0.140. The molecular formula is C15H10Cl2F4. The van der Waals surface area contributed by atoms with Gasteiger partial charge in [0, 0.05) is 5.02 Å². The molecule has 6 heteroatoms. The lowest BCUT2D eigenvalue weighted by Gasteiger charge is -2.14. The molecule has 0 radical (unpaired) electrons. The van der Waals surface area contributed by atoms with Crippen molar-refractivity contribution in [2.45, 2.75) is 18.0 Å². The van der Waals surface area contributed by atoms with Crippen molar-refractivity contribution in [1.29, 1.82) is 0 Å². The molecule has 0 aliphatic rings. The van der Waals surface area contributed by atoms with Crippen LogP contribution in [0, 0.1) is 5.82 Å². The highest BCUT2D eigenvalue weighted by Gasteiger charge is 2.34. The van der Waals surface area contributed by atoms with Crippen molar-refractivity contribution in [2.75, 3.05) is 0 Å². The zero-order valence-corrected chi connectivity index (χ0v) is 12.1. The first-order chi connectivity index (χ1) is 9.77. The topological polar surface area (TPSA) is 0 Å². The molecule has 2 aromatic carbocycles. The highest BCUT2D eigenvalue weighted by molar-refractivity contribution is 6.30. The van der Waals surface area contributed by atoms with Crippen LogP contribution in [0.15, 0.2) is 42.5 Å². The van der Waals surface area contributed by atoms with Gasteiger partial charge in [0.05, 0.1) is 10.9 Å². The molecule has 0 spiro atoms. The number of rotatable bonds is 3. The largest absolute Gasteiger partial charge is 0.419 e. The Labute approximate surface area is 129 Å². The van der Waals surface area contributed by atoms with Crippen LogP contribution in [0.25, 0.3) is 0 Å². The zero-order valence-electron chi connectivity index (χ0n) is 10.6. The van der Waals surface area contributed by atoms with Crippen molar-refractivity contribution in [3.05, 3.63) is 70.0 Å². The minimum Gasteiger partial charge on any atom is -0.206 e. The van der Waals surface area contributed by atoms with E-state index < -0.39 is 22.9 Å². The summed E-state index contributed by atoms with van der Waals surface area (Å²) in [7, 11) is 0. The quantitative estimate of drug-likeness (QED) is 0.474. The zero-order chi connectivity index (χ0) is 15.6. The Hall–Kier alpha value is -1.26. The van der Waals surface area contributed by atoms with E-state index in [2.05, 4.69) is 0 Å². The molecule has 1 unspecified atom stereocenters. The van der Waals surface area contributed by atoms with E-state index in [0.717, 1.165) is 17.7 Å². The second-order valence-electron chi connectivity index (χ2n) is 4.54. The highest BCUT2D eigenvalue weighted by atomic mass is 35.5. The van der Waals surface area contributed by atoms with Crippen molar-refractivity contribution in [3.8, 4) is 0 Å². The summed E-state index contributed by atoms with van der Waals surface area (Å²) in [6.45, 7) is 0. The van der Waals surface area contributed by atoms with E-state index >= 15 is 0 Å². The van der Waals surface area contributed by atoms with Crippen molar-refractivity contribution >= 4 is 23.2 Å². The predicted octanol–water partition coefficient (Wildman–Crippen LogP) is 6.02. The van der Waals surface area contributed by atoms with Gasteiger partial charge in [0.2, 0.25) is 0 Å². The Kier molecular flexibility index (Phi) is 4.79. The number of hydrogen-bond acceptors (Lipinski definition) is 0. The van der Waals surface area contributed by atoms with E-state index in [4.69, 9.17) is 23.2 Å². The molecule has 2 aromatic rings. The van der Waals surface area contributed by atoms with Gasteiger partial charge >= 0.3 is 6.18 Å². The van der Waals surface area contributed by atoms with E-state index in [-0.39, 0.29) is 5.56 Å². The Morgan fingerprint density at radius 1 is 1.05 bits per heavy atom. The second kappa shape index (κ2) is 6.24. The van der Waals surface area contributed by atoms with Crippen molar-refractivity contribution in [2.24, 2.45) is 0 Å². The van der Waals surface area contributed by atoms with Gasteiger partial charge in [-0.15, -0.1) is 11.6 Å². The first kappa shape index (κ1) is 16.1. The smallest absolute Gasteiger partial charge is 0.206 e. The van der Waals surface area contributed by atoms with Crippen molar-refractivity contribution < 1.29 is 17.6 Å². The molecular weight excluding hydrogens is 327 g/mol. The SMILES string of the molecule is Fc1ccc(C(Cl)Cc2cccc(Cl)c2)cc1C(F)(F)F. The van der Waals surface area contributed by atoms with Crippen LogP contribution in [0.4, 0.5) is 17.6 Å². The molecule has 0 aromatic heterocycles. The summed E-state index contributed by atoms with van der Waals surface area (Å²) in [5.74, 6) is -1.31. The van der Waals surface area contributed by atoms with Gasteiger partial charge < -0.3 is 0 Å². The van der Waals surface area contributed by atoms with Gasteiger partial charge in [0.25, 0.3) is 0 Å². The summed E-state index contributed by atoms with van der Waals surface area (Å²) in [5, 5.41) is -0.184. The highest BCUT2D eigenvalue weighted by Crippen LogP contribution is 2.35. The first-order valence-electron chi connectivity index (χ1n) is 6.02. The van der Waals surface area contributed by atoms with Gasteiger partial charge in [0.1, 0.15) is 5.82 Å². The molecule has 0 saturated carbocycles. The fraction of sp³-hybridized carbons (Fsp3) is 0.200. The third-order valence-electron chi connectivity index (χ3n) is 2.96. The molecule has 0 aliphatic heterocycles. The van der Waals surface area contributed by atoms with Crippen LogP contribution in [-0.2, 0) is 12.6 Å². The molecule has 2 rings (SSSR count). The molecule has 0 heterocycles. The Bertz CT molecular complexity index is 638. The molecule has 0 amide bonds. The summed E-state index contributed by atoms with van der Waals surface area (Å²) >= 11 is 12.0. The average molecular weight is 337 g/mol. The molecule has 0 N–H and O–H groups in total. The van der Waals surface area contributed by atoms with Crippen LogP contribution in [0.2, 0.25) is 5.02 Å². The number of alkyl halides is 4. The van der Waals surface area contributed by atoms with Crippen LogP contribution in [-0.4, -0.2) is 0 Å². The summed E-state index contributed by atoms with van der Waals surface area (Å²) in [5.41, 5.74) is -0.303. The summed E-state index contributed by atoms with van der Waals surface area (Å²) in [6, 6.07) is 9.66.